The third-order valence-electron chi connectivity index (χ3n) is 4.43. The Morgan fingerprint density at radius 3 is 2.77 bits per heavy atom. The number of hydrogen-bond acceptors (Lipinski definition) is 3. The number of carbonyl (C=O) groups excluding carboxylic acids is 1. The number of benzene rings is 1. The van der Waals surface area contributed by atoms with Gasteiger partial charge in [0.05, 0.1) is 18.8 Å². The Balaban J connectivity index is 1.59. The van der Waals surface area contributed by atoms with E-state index in [9.17, 15) is 18.0 Å². The number of ether oxygens (including phenoxy) is 1. The van der Waals surface area contributed by atoms with Crippen LogP contribution in [0.4, 0.5) is 13.2 Å². The third kappa shape index (κ3) is 4.43. The molecule has 1 N–H and O–H groups in total. The molecule has 26 heavy (non-hydrogen) atoms. The summed E-state index contributed by atoms with van der Waals surface area (Å²) in [4.78, 5) is 12.5. The van der Waals surface area contributed by atoms with Crippen LogP contribution in [0.3, 0.4) is 0 Å². The van der Waals surface area contributed by atoms with Crippen molar-refractivity contribution in [1.82, 2.24) is 15.1 Å². The quantitative estimate of drug-likeness (QED) is 0.882. The average Bonchev–Trinajstić information content (AvgIpc) is 2.97. The van der Waals surface area contributed by atoms with Gasteiger partial charge in [0, 0.05) is 23.9 Å². The van der Waals surface area contributed by atoms with Crippen LogP contribution in [-0.4, -0.2) is 28.5 Å². The minimum absolute atomic E-state index is 0.0743. The van der Waals surface area contributed by atoms with Gasteiger partial charge in [-0.1, -0.05) is 12.1 Å². The molecule has 0 bridgehead atoms. The highest BCUT2D eigenvalue weighted by Crippen LogP contribution is 2.29. The molecule has 8 heteroatoms. The standard InChI is InChI=1S/C18H20F3N3O2/c1-24-16-4-2-3-15(14(16)9-22-24)23-17(25)13-7-5-12(6-8-13)10-26-11-18(19,20)21/h5-9,15H,2-4,10-11H2,1H3,(H,23,25). The number of nitrogens with one attached hydrogen (secondary N) is 1. The van der Waals surface area contributed by atoms with Gasteiger partial charge >= 0.3 is 6.18 Å². The van der Waals surface area contributed by atoms with Gasteiger partial charge < -0.3 is 10.1 Å². The summed E-state index contributed by atoms with van der Waals surface area (Å²) in [6, 6.07) is 6.31. The molecule has 1 aliphatic carbocycles. The van der Waals surface area contributed by atoms with E-state index in [1.54, 1.807) is 30.5 Å². The molecule has 0 spiro atoms. The Hall–Kier alpha value is -2.35. The number of halogens is 3. The zero-order valence-corrected chi connectivity index (χ0v) is 14.3. The first-order valence-corrected chi connectivity index (χ1v) is 8.38. The second-order valence-corrected chi connectivity index (χ2v) is 6.39. The highest BCUT2D eigenvalue weighted by molar-refractivity contribution is 5.94. The van der Waals surface area contributed by atoms with Gasteiger partial charge in [-0.05, 0) is 37.0 Å². The summed E-state index contributed by atoms with van der Waals surface area (Å²) in [5, 5.41) is 7.27. The van der Waals surface area contributed by atoms with E-state index < -0.39 is 12.8 Å². The van der Waals surface area contributed by atoms with Gasteiger partial charge in [0.15, 0.2) is 0 Å². The van der Waals surface area contributed by atoms with Crippen LogP contribution in [0, 0.1) is 0 Å². The fraction of sp³-hybridized carbons (Fsp3) is 0.444. The lowest BCUT2D eigenvalue weighted by Crippen LogP contribution is -2.30. The van der Waals surface area contributed by atoms with Crippen molar-refractivity contribution in [2.24, 2.45) is 7.05 Å². The van der Waals surface area contributed by atoms with Crippen molar-refractivity contribution in [3.63, 3.8) is 0 Å². The van der Waals surface area contributed by atoms with Gasteiger partial charge in [-0.2, -0.15) is 18.3 Å². The molecule has 140 valence electrons. The maximum absolute atomic E-state index is 12.5. The van der Waals surface area contributed by atoms with E-state index in [0.29, 0.717) is 11.1 Å². The van der Waals surface area contributed by atoms with Crippen molar-refractivity contribution in [2.45, 2.75) is 38.1 Å². The SMILES string of the molecule is Cn1ncc2c1CCCC2NC(=O)c1ccc(COCC(F)(F)F)cc1. The molecule has 1 aromatic heterocycles. The van der Waals surface area contributed by atoms with Crippen LogP contribution in [0.25, 0.3) is 0 Å². The monoisotopic (exact) mass is 367 g/mol. The molecular formula is C18H20F3N3O2. The van der Waals surface area contributed by atoms with Crippen LogP contribution in [0.5, 0.6) is 0 Å². The molecule has 1 atom stereocenters. The van der Waals surface area contributed by atoms with Gasteiger partial charge in [-0.15, -0.1) is 0 Å². The molecule has 1 aliphatic rings. The number of aryl methyl sites for hydroxylation is 1. The largest absolute Gasteiger partial charge is 0.411 e. The van der Waals surface area contributed by atoms with Crippen LogP contribution in [0.2, 0.25) is 0 Å². The second kappa shape index (κ2) is 7.49. The van der Waals surface area contributed by atoms with E-state index in [1.807, 2.05) is 11.7 Å². The molecule has 0 aliphatic heterocycles. The molecule has 0 saturated carbocycles. The highest BCUT2D eigenvalue weighted by Gasteiger charge is 2.27. The number of amides is 1. The van der Waals surface area contributed by atoms with Gasteiger partial charge in [-0.25, -0.2) is 0 Å². The lowest BCUT2D eigenvalue weighted by molar-refractivity contribution is -0.176. The number of aromatic nitrogens is 2. The molecule has 2 aromatic rings. The minimum Gasteiger partial charge on any atom is -0.367 e. The van der Waals surface area contributed by atoms with Gasteiger partial charge in [-0.3, -0.25) is 9.48 Å². The molecule has 1 amide bonds. The first-order valence-electron chi connectivity index (χ1n) is 8.38. The molecule has 1 heterocycles. The molecule has 1 unspecified atom stereocenters. The molecular weight excluding hydrogens is 347 g/mol. The number of alkyl halides is 3. The Bertz CT molecular complexity index is 769. The van der Waals surface area contributed by atoms with E-state index in [0.717, 1.165) is 30.5 Å². The summed E-state index contributed by atoms with van der Waals surface area (Å²) in [7, 11) is 1.89. The van der Waals surface area contributed by atoms with Crippen molar-refractivity contribution in [3.05, 3.63) is 52.8 Å². The van der Waals surface area contributed by atoms with Crippen molar-refractivity contribution in [2.75, 3.05) is 6.61 Å². The predicted molar refractivity (Wildman–Crippen MR) is 88.5 cm³/mol. The van der Waals surface area contributed by atoms with Crippen molar-refractivity contribution >= 4 is 5.91 Å². The molecule has 1 aromatic carbocycles. The highest BCUT2D eigenvalue weighted by atomic mass is 19.4. The minimum atomic E-state index is -4.34. The summed E-state index contributed by atoms with van der Waals surface area (Å²) in [5.74, 6) is -0.213. The van der Waals surface area contributed by atoms with E-state index in [1.165, 1.54) is 0 Å². The van der Waals surface area contributed by atoms with Crippen molar-refractivity contribution < 1.29 is 22.7 Å². The topological polar surface area (TPSA) is 56.2 Å². The molecule has 3 rings (SSSR count). The smallest absolute Gasteiger partial charge is 0.367 e. The van der Waals surface area contributed by atoms with Crippen LogP contribution in [0.1, 0.15) is 46.1 Å². The maximum Gasteiger partial charge on any atom is 0.411 e. The van der Waals surface area contributed by atoms with Crippen LogP contribution in [0.15, 0.2) is 30.5 Å². The van der Waals surface area contributed by atoms with E-state index in [2.05, 4.69) is 15.2 Å². The Morgan fingerprint density at radius 2 is 2.08 bits per heavy atom. The predicted octanol–water partition coefficient (Wildman–Crippen LogP) is 3.31. The van der Waals surface area contributed by atoms with Gasteiger partial charge in [0.25, 0.3) is 5.91 Å². The summed E-state index contributed by atoms with van der Waals surface area (Å²) in [6.45, 7) is -1.44. The zero-order chi connectivity index (χ0) is 18.7. The fourth-order valence-electron chi connectivity index (χ4n) is 3.13. The lowest BCUT2D eigenvalue weighted by atomic mass is 9.92. The third-order valence-corrected chi connectivity index (χ3v) is 4.43. The Labute approximate surface area is 149 Å². The number of rotatable bonds is 5. The fourth-order valence-corrected chi connectivity index (χ4v) is 3.13. The van der Waals surface area contributed by atoms with E-state index >= 15 is 0 Å². The number of fused-ring (bicyclic) bond motifs is 1. The molecule has 5 nitrogen and oxygen atoms in total. The second-order valence-electron chi connectivity index (χ2n) is 6.39. The van der Waals surface area contributed by atoms with Gasteiger partial charge in [0.2, 0.25) is 0 Å². The normalized spacial score (nSPS) is 17.0. The van der Waals surface area contributed by atoms with E-state index in [4.69, 9.17) is 0 Å². The summed E-state index contributed by atoms with van der Waals surface area (Å²) < 4.78 is 42.7. The van der Waals surface area contributed by atoms with Gasteiger partial charge in [0.1, 0.15) is 6.61 Å². The number of carbonyl (C=O) groups is 1. The first-order chi connectivity index (χ1) is 12.3. The summed E-state index contributed by atoms with van der Waals surface area (Å²) >= 11 is 0. The lowest BCUT2D eigenvalue weighted by Gasteiger charge is -2.23. The maximum atomic E-state index is 12.5. The molecule has 0 fully saturated rings. The average molecular weight is 367 g/mol. The van der Waals surface area contributed by atoms with Crippen molar-refractivity contribution in [3.8, 4) is 0 Å². The number of hydrogen-bond donors (Lipinski definition) is 1. The molecule has 0 saturated heterocycles. The Kier molecular flexibility index (Phi) is 5.31. The van der Waals surface area contributed by atoms with Crippen molar-refractivity contribution in [1.29, 1.82) is 0 Å². The number of nitrogens with zero attached hydrogens (tertiary/aromatic N) is 2. The van der Waals surface area contributed by atoms with Crippen LogP contribution >= 0.6 is 0 Å². The van der Waals surface area contributed by atoms with Crippen LogP contribution in [-0.2, 0) is 24.8 Å². The van der Waals surface area contributed by atoms with E-state index in [-0.39, 0.29) is 18.6 Å². The first kappa shape index (κ1) is 18.4. The summed E-state index contributed by atoms with van der Waals surface area (Å²) in [5.41, 5.74) is 3.22. The molecule has 0 radical (unpaired) electrons. The zero-order valence-electron chi connectivity index (χ0n) is 14.3. The summed E-state index contributed by atoms with van der Waals surface area (Å²) in [6.07, 6.45) is 0.233. The Morgan fingerprint density at radius 1 is 1.35 bits per heavy atom. The van der Waals surface area contributed by atoms with Crippen LogP contribution < -0.4 is 5.32 Å².